The largest absolute Gasteiger partial charge is 0.0626 e. The van der Waals surface area contributed by atoms with Crippen molar-refractivity contribution < 1.29 is 23.1 Å². The maximum absolute atomic E-state index is 9.50. The van der Waals surface area contributed by atoms with Crippen LogP contribution in [0.1, 0.15) is 6.92 Å². The molecule has 0 aliphatic heterocycles. The van der Waals surface area contributed by atoms with Crippen LogP contribution in [0.15, 0.2) is 0 Å². The summed E-state index contributed by atoms with van der Waals surface area (Å²) in [4.78, 5) is 9.50. The van der Waals surface area contributed by atoms with Crippen LogP contribution in [0, 0.1) is 0 Å². The topological polar surface area (TPSA) is 17.1 Å². The molecule has 0 saturated heterocycles. The van der Waals surface area contributed by atoms with Crippen LogP contribution >= 0.6 is 0 Å². The minimum atomic E-state index is 0. The van der Waals surface area contributed by atoms with E-state index in [4.69, 9.17) is 0 Å². The zero-order valence-corrected chi connectivity index (χ0v) is 5.58. The predicted molar refractivity (Wildman–Crippen MR) is 22.0 cm³/mol. The molecule has 0 saturated carbocycles. The van der Waals surface area contributed by atoms with Gasteiger partial charge in [0.2, 0.25) is 0 Å². The Bertz CT molecular complexity index is 32.6. The molecule has 26 valence electrons. The molecule has 0 spiro atoms. The molecule has 0 amide bonds. The second kappa shape index (κ2) is 4.36. The quantitative estimate of drug-likeness (QED) is 0.363. The third-order valence-corrected chi connectivity index (χ3v) is 0. The summed E-state index contributed by atoms with van der Waals surface area (Å²) < 4.78 is 0.292. The Kier molecular flexibility index (Phi) is 7.87. The second-order valence-corrected chi connectivity index (χ2v) is 2.79. The van der Waals surface area contributed by atoms with Crippen LogP contribution in [0.2, 0.25) is 0 Å². The van der Waals surface area contributed by atoms with Crippen molar-refractivity contribution in [1.29, 1.82) is 0 Å². The maximum Gasteiger partial charge on any atom is -0.0626 e. The summed E-state index contributed by atoms with van der Waals surface area (Å²) in [6.07, 6.45) is 0. The van der Waals surface area contributed by atoms with Crippen LogP contribution in [0.4, 0.5) is 0 Å². The Morgan fingerprint density at radius 3 is 1.80 bits per heavy atom. The first-order valence-corrected chi connectivity index (χ1v) is 2.54. The molecule has 0 N–H and O–H groups in total. The minimum absolute atomic E-state index is 0. The Hall–Kier alpha value is 0.358. The molecule has 0 aromatic rings. The number of hydrogen-bond donors (Lipinski definition) is 0. The smallest absolute Gasteiger partial charge is 0.0626 e. The standard InChI is InChI=1S/C2H3O.BH4.Zn/c1-2-3;;/h1H3;1H4;/q;-1;+1. The zero-order chi connectivity index (χ0) is 3.58. The third-order valence-electron chi connectivity index (χ3n) is 0. The van der Waals surface area contributed by atoms with Gasteiger partial charge < -0.3 is 0 Å². The number of rotatable bonds is 0. The van der Waals surface area contributed by atoms with Crippen molar-refractivity contribution in [2.45, 2.75) is 6.92 Å². The van der Waals surface area contributed by atoms with Gasteiger partial charge in [-0.3, -0.25) is 0 Å². The van der Waals surface area contributed by atoms with Gasteiger partial charge in [-0.05, 0) is 0 Å². The summed E-state index contributed by atoms with van der Waals surface area (Å²) in [5, 5.41) is 0. The van der Waals surface area contributed by atoms with E-state index in [0.29, 0.717) is 4.38 Å². The summed E-state index contributed by atoms with van der Waals surface area (Å²) in [7, 11) is 0. The third kappa shape index (κ3) is 189. The fourth-order valence-corrected chi connectivity index (χ4v) is 0. The van der Waals surface area contributed by atoms with E-state index in [1.165, 1.54) is 0 Å². The van der Waals surface area contributed by atoms with Gasteiger partial charge in [-0.15, -0.1) is 0 Å². The molecule has 0 rings (SSSR count). The Morgan fingerprint density at radius 2 is 1.80 bits per heavy atom. The summed E-state index contributed by atoms with van der Waals surface area (Å²) in [6, 6.07) is 0. The van der Waals surface area contributed by atoms with E-state index in [2.05, 4.69) is 0 Å². The normalized spacial score (nSPS) is 5.40. The molecule has 0 bridgehead atoms. The van der Waals surface area contributed by atoms with Gasteiger partial charge in [0.1, 0.15) is 0 Å². The van der Waals surface area contributed by atoms with Crippen LogP contribution in [-0.2, 0) is 23.1 Å². The van der Waals surface area contributed by atoms with E-state index < -0.39 is 0 Å². The molecule has 0 aromatic carbocycles. The summed E-state index contributed by atoms with van der Waals surface area (Å²) in [6.45, 7) is 1.58. The summed E-state index contributed by atoms with van der Waals surface area (Å²) >= 11 is 0.792. The van der Waals surface area contributed by atoms with Crippen molar-refractivity contribution in [2.24, 2.45) is 0 Å². The first-order valence-electron chi connectivity index (χ1n) is 1.06. The molecule has 0 heterocycles. The molecule has 3 heteroatoms. The molecular formula is C2H7BOZn. The van der Waals surface area contributed by atoms with E-state index in [-0.39, 0.29) is 8.41 Å². The molecule has 1 nitrogen and oxygen atoms in total. The van der Waals surface area contributed by atoms with Gasteiger partial charge in [0.25, 0.3) is 0 Å². The van der Waals surface area contributed by atoms with E-state index in [9.17, 15) is 4.79 Å². The molecule has 0 aliphatic rings. The average molecular weight is 123 g/mol. The van der Waals surface area contributed by atoms with Crippen molar-refractivity contribution in [3.8, 4) is 0 Å². The van der Waals surface area contributed by atoms with Crippen molar-refractivity contribution in [3.05, 3.63) is 0 Å². The molecule has 0 aromatic heterocycles. The summed E-state index contributed by atoms with van der Waals surface area (Å²) in [5.41, 5.74) is 0. The number of hydrogen-bond acceptors (Lipinski definition) is 1. The Labute approximate surface area is 43.4 Å². The molecule has 0 fully saturated rings. The molecule has 0 radical (unpaired) electrons. The van der Waals surface area contributed by atoms with Gasteiger partial charge in [0.15, 0.2) is 0 Å². The van der Waals surface area contributed by atoms with Crippen molar-refractivity contribution in [1.82, 2.24) is 0 Å². The van der Waals surface area contributed by atoms with Gasteiger partial charge in [-0.25, -0.2) is 0 Å². The average Bonchev–Trinajstić information content (AvgIpc) is 0.811. The van der Waals surface area contributed by atoms with Crippen molar-refractivity contribution in [3.63, 3.8) is 0 Å². The van der Waals surface area contributed by atoms with Crippen LogP contribution in [-0.4, -0.2) is 12.8 Å². The fraction of sp³-hybridized carbons (Fsp3) is 0.500. The van der Waals surface area contributed by atoms with Gasteiger partial charge >= 0.3 is 34.4 Å². The van der Waals surface area contributed by atoms with Gasteiger partial charge in [-0.2, -0.15) is 0 Å². The maximum atomic E-state index is 9.50. The van der Waals surface area contributed by atoms with Gasteiger partial charge in [0.05, 0.1) is 0 Å². The van der Waals surface area contributed by atoms with Crippen molar-refractivity contribution >= 4 is 12.8 Å². The molecule has 0 atom stereocenters. The van der Waals surface area contributed by atoms with Crippen LogP contribution in [0.25, 0.3) is 0 Å². The minimum Gasteiger partial charge on any atom is -0.0626 e. The van der Waals surface area contributed by atoms with Gasteiger partial charge in [-0.1, -0.05) is 8.41 Å². The van der Waals surface area contributed by atoms with Crippen LogP contribution in [0.5, 0.6) is 0 Å². The Morgan fingerprint density at radius 1 is 1.80 bits per heavy atom. The Balaban J connectivity index is 0. The van der Waals surface area contributed by atoms with Crippen molar-refractivity contribution in [2.75, 3.05) is 0 Å². The van der Waals surface area contributed by atoms with E-state index in [0.717, 1.165) is 18.3 Å². The predicted octanol–water partition coefficient (Wildman–Crippen LogP) is -1.37. The number of carbonyl (C=O) groups excluding carboxylic acids is 1. The van der Waals surface area contributed by atoms with Gasteiger partial charge in [0, 0.05) is 0 Å². The monoisotopic (exact) mass is 122 g/mol. The molecular weight excluding hydrogens is 116 g/mol. The molecule has 0 aliphatic carbocycles. The number of carbonyl (C=O) groups is 1. The van der Waals surface area contributed by atoms with Crippen LogP contribution in [0.3, 0.4) is 0 Å². The van der Waals surface area contributed by atoms with E-state index in [1.807, 2.05) is 0 Å². The second-order valence-electron chi connectivity index (χ2n) is 0.702. The molecule has 5 heavy (non-hydrogen) atoms. The molecule has 0 unspecified atom stereocenters. The summed E-state index contributed by atoms with van der Waals surface area (Å²) in [5.74, 6) is 0. The van der Waals surface area contributed by atoms with E-state index >= 15 is 0 Å². The van der Waals surface area contributed by atoms with Crippen LogP contribution < -0.4 is 0 Å². The first-order chi connectivity index (χ1) is 1.73. The first kappa shape index (κ1) is 9.02. The SMILES string of the molecule is C[C](=O)[Zn+].[BH4-]. The van der Waals surface area contributed by atoms with E-state index in [1.54, 1.807) is 6.92 Å². The zero-order valence-electron chi connectivity index (χ0n) is 2.62. The fourth-order valence-electron chi connectivity index (χ4n) is 0.